The highest BCUT2D eigenvalue weighted by Gasteiger charge is 2.22. The summed E-state index contributed by atoms with van der Waals surface area (Å²) in [7, 11) is 0. The lowest BCUT2D eigenvalue weighted by atomic mass is 9.90. The van der Waals surface area contributed by atoms with Gasteiger partial charge in [0.1, 0.15) is 5.75 Å². The number of ether oxygens (including phenoxy) is 1. The number of hydrogen-bond donors (Lipinski definition) is 2. The number of nitrogens with zero attached hydrogens (tertiary/aromatic N) is 1. The van der Waals surface area contributed by atoms with Crippen LogP contribution in [0.3, 0.4) is 0 Å². The van der Waals surface area contributed by atoms with Crippen LogP contribution in [0.25, 0.3) is 0 Å². The van der Waals surface area contributed by atoms with E-state index in [1.54, 1.807) is 48.5 Å². The first kappa shape index (κ1) is 25.1. The molecule has 7 nitrogen and oxygen atoms in total. The Kier molecular flexibility index (Phi) is 8.54. The average Bonchev–Trinajstić information content (AvgIpc) is 2.95. The van der Waals surface area contributed by atoms with E-state index in [0.717, 1.165) is 11.1 Å². The molecule has 0 aliphatic rings. The number of carbonyl (C=O) groups is 3. The molecule has 0 fully saturated rings. The Morgan fingerprint density at radius 3 is 1.84 bits per heavy atom. The van der Waals surface area contributed by atoms with Crippen molar-refractivity contribution in [3.63, 3.8) is 0 Å². The molecule has 0 saturated carbocycles. The molecular weight excluding hydrogens is 466 g/mol. The Morgan fingerprint density at radius 1 is 0.730 bits per heavy atom. The third kappa shape index (κ3) is 7.22. The SMILES string of the molecule is O=C(CNC(=O)C(c1ccccc1)c1ccccc1)N/N=C/c1ccc(OC(=O)c2ccccc2)cc1. The van der Waals surface area contributed by atoms with Gasteiger partial charge in [-0.2, -0.15) is 5.10 Å². The maximum Gasteiger partial charge on any atom is 0.343 e. The summed E-state index contributed by atoms with van der Waals surface area (Å²) in [6, 6.07) is 34.2. The van der Waals surface area contributed by atoms with Crippen LogP contribution < -0.4 is 15.5 Å². The number of amides is 2. The van der Waals surface area contributed by atoms with Gasteiger partial charge in [-0.1, -0.05) is 78.9 Å². The smallest absolute Gasteiger partial charge is 0.343 e. The van der Waals surface area contributed by atoms with Crippen molar-refractivity contribution >= 4 is 24.0 Å². The largest absolute Gasteiger partial charge is 0.423 e. The number of hydrazone groups is 1. The van der Waals surface area contributed by atoms with Gasteiger partial charge in [0.25, 0.3) is 5.91 Å². The zero-order chi connectivity index (χ0) is 25.9. The van der Waals surface area contributed by atoms with E-state index in [9.17, 15) is 14.4 Å². The monoisotopic (exact) mass is 491 g/mol. The van der Waals surface area contributed by atoms with Crippen molar-refractivity contribution in [2.24, 2.45) is 5.10 Å². The molecule has 0 aromatic heterocycles. The Bertz CT molecular complexity index is 1320. The fourth-order valence-electron chi connectivity index (χ4n) is 3.64. The van der Waals surface area contributed by atoms with Crippen LogP contribution in [-0.2, 0) is 9.59 Å². The fourth-order valence-corrected chi connectivity index (χ4v) is 3.64. The van der Waals surface area contributed by atoms with Gasteiger partial charge in [-0.05, 0) is 53.1 Å². The summed E-state index contributed by atoms with van der Waals surface area (Å²) < 4.78 is 5.34. The molecule has 184 valence electrons. The van der Waals surface area contributed by atoms with Gasteiger partial charge in [0.15, 0.2) is 0 Å². The molecule has 0 heterocycles. The molecular formula is C30H25N3O4. The van der Waals surface area contributed by atoms with Crippen LogP contribution in [0, 0.1) is 0 Å². The van der Waals surface area contributed by atoms with Crippen molar-refractivity contribution in [2.75, 3.05) is 6.54 Å². The molecule has 0 aliphatic carbocycles. The molecule has 0 spiro atoms. The predicted molar refractivity (Wildman–Crippen MR) is 141 cm³/mol. The van der Waals surface area contributed by atoms with Crippen LogP contribution >= 0.6 is 0 Å². The van der Waals surface area contributed by atoms with E-state index in [-0.39, 0.29) is 12.5 Å². The number of benzene rings is 4. The summed E-state index contributed by atoms with van der Waals surface area (Å²) in [4.78, 5) is 37.4. The first-order valence-corrected chi connectivity index (χ1v) is 11.7. The third-order valence-electron chi connectivity index (χ3n) is 5.45. The second-order valence-electron chi connectivity index (χ2n) is 8.09. The van der Waals surface area contributed by atoms with Gasteiger partial charge in [0.05, 0.1) is 24.2 Å². The molecule has 0 unspecified atom stereocenters. The molecule has 2 amide bonds. The molecule has 4 aromatic rings. The van der Waals surface area contributed by atoms with Crippen molar-refractivity contribution in [1.82, 2.24) is 10.7 Å². The van der Waals surface area contributed by atoms with Crippen molar-refractivity contribution < 1.29 is 19.1 Å². The van der Waals surface area contributed by atoms with Crippen molar-refractivity contribution in [2.45, 2.75) is 5.92 Å². The summed E-state index contributed by atoms with van der Waals surface area (Å²) in [6.07, 6.45) is 1.46. The zero-order valence-corrected chi connectivity index (χ0v) is 19.9. The summed E-state index contributed by atoms with van der Waals surface area (Å²) >= 11 is 0. The number of hydrogen-bond acceptors (Lipinski definition) is 5. The van der Waals surface area contributed by atoms with E-state index >= 15 is 0 Å². The zero-order valence-electron chi connectivity index (χ0n) is 19.9. The van der Waals surface area contributed by atoms with Gasteiger partial charge in [-0.15, -0.1) is 0 Å². The first-order valence-electron chi connectivity index (χ1n) is 11.7. The Balaban J connectivity index is 1.28. The van der Waals surface area contributed by atoms with Crippen LogP contribution in [0.4, 0.5) is 0 Å². The molecule has 2 N–H and O–H groups in total. The second-order valence-corrected chi connectivity index (χ2v) is 8.09. The fraction of sp³-hybridized carbons (Fsp3) is 0.0667. The number of nitrogens with one attached hydrogen (secondary N) is 2. The highest BCUT2D eigenvalue weighted by molar-refractivity contribution is 5.92. The lowest BCUT2D eigenvalue weighted by Gasteiger charge is -2.17. The van der Waals surface area contributed by atoms with E-state index in [0.29, 0.717) is 16.9 Å². The van der Waals surface area contributed by atoms with Gasteiger partial charge >= 0.3 is 5.97 Å². The number of rotatable bonds is 9. The third-order valence-corrected chi connectivity index (χ3v) is 5.45. The Labute approximate surface area is 214 Å². The van der Waals surface area contributed by atoms with Crippen LogP contribution in [-0.4, -0.2) is 30.5 Å². The lowest BCUT2D eigenvalue weighted by Crippen LogP contribution is -2.37. The molecule has 0 saturated heterocycles. The van der Waals surface area contributed by atoms with Gasteiger partial charge in [0, 0.05) is 0 Å². The van der Waals surface area contributed by atoms with Crippen LogP contribution in [0.2, 0.25) is 0 Å². The molecule has 0 atom stereocenters. The minimum Gasteiger partial charge on any atom is -0.423 e. The van der Waals surface area contributed by atoms with Crippen molar-refractivity contribution in [1.29, 1.82) is 0 Å². The Morgan fingerprint density at radius 2 is 1.27 bits per heavy atom. The topological polar surface area (TPSA) is 96.9 Å². The van der Waals surface area contributed by atoms with Crippen LogP contribution in [0.1, 0.15) is 33.0 Å². The molecule has 0 aliphatic heterocycles. The molecule has 4 rings (SSSR count). The highest BCUT2D eigenvalue weighted by atomic mass is 16.5. The van der Waals surface area contributed by atoms with E-state index in [4.69, 9.17) is 4.74 Å². The molecule has 4 aromatic carbocycles. The normalized spacial score (nSPS) is 10.7. The standard InChI is InChI=1S/C30H25N3O4/c34-27(21-31-29(35)28(23-10-4-1-5-11-23)24-12-6-2-7-13-24)33-32-20-22-16-18-26(19-17-22)37-30(36)25-14-8-3-9-15-25/h1-20,28H,21H2,(H,31,35)(H,33,34)/b32-20+. The van der Waals surface area contributed by atoms with E-state index in [2.05, 4.69) is 15.8 Å². The summed E-state index contributed by atoms with van der Waals surface area (Å²) in [5.41, 5.74) is 5.23. The highest BCUT2D eigenvalue weighted by Crippen LogP contribution is 2.24. The molecule has 0 bridgehead atoms. The van der Waals surface area contributed by atoms with E-state index in [1.807, 2.05) is 66.7 Å². The van der Waals surface area contributed by atoms with Crippen LogP contribution in [0.5, 0.6) is 5.75 Å². The molecule has 37 heavy (non-hydrogen) atoms. The number of esters is 1. The average molecular weight is 492 g/mol. The Hall–Kier alpha value is -5.04. The molecule has 0 radical (unpaired) electrons. The first-order chi connectivity index (χ1) is 18.1. The summed E-state index contributed by atoms with van der Waals surface area (Å²) in [5, 5.41) is 6.63. The molecule has 7 heteroatoms. The second kappa shape index (κ2) is 12.6. The lowest BCUT2D eigenvalue weighted by molar-refractivity contribution is -0.126. The maximum absolute atomic E-state index is 13.0. The van der Waals surface area contributed by atoms with Crippen LogP contribution in [0.15, 0.2) is 120 Å². The van der Waals surface area contributed by atoms with Crippen molar-refractivity contribution in [3.05, 3.63) is 138 Å². The predicted octanol–water partition coefficient (Wildman–Crippen LogP) is 4.30. The summed E-state index contributed by atoms with van der Waals surface area (Å²) in [6.45, 7) is -0.222. The van der Waals surface area contributed by atoms with Gasteiger partial charge in [-0.3, -0.25) is 9.59 Å². The van der Waals surface area contributed by atoms with Gasteiger partial charge in [-0.25, -0.2) is 10.2 Å². The minimum absolute atomic E-state index is 0.222. The number of carbonyl (C=O) groups excluding carboxylic acids is 3. The van der Waals surface area contributed by atoms with E-state index in [1.165, 1.54) is 6.21 Å². The minimum atomic E-state index is -0.534. The van der Waals surface area contributed by atoms with Gasteiger partial charge < -0.3 is 10.1 Å². The van der Waals surface area contributed by atoms with Gasteiger partial charge in [0.2, 0.25) is 5.91 Å². The van der Waals surface area contributed by atoms with E-state index < -0.39 is 17.8 Å². The quantitative estimate of drug-likeness (QED) is 0.158. The summed E-state index contributed by atoms with van der Waals surface area (Å²) in [5.74, 6) is -1.33. The van der Waals surface area contributed by atoms with Crippen molar-refractivity contribution in [3.8, 4) is 5.75 Å². The maximum atomic E-state index is 13.0.